The molecule has 0 aliphatic heterocycles. The topological polar surface area (TPSA) is 0 Å². The zero-order valence-corrected chi connectivity index (χ0v) is 8.12. The molecule has 0 atom stereocenters. The van der Waals surface area contributed by atoms with Gasteiger partial charge in [0, 0.05) is 65.4 Å². The van der Waals surface area contributed by atoms with Crippen LogP contribution in [-0.2, 0) is 65.4 Å². The summed E-state index contributed by atoms with van der Waals surface area (Å²) in [6.07, 6.45) is 0. The molecule has 0 aromatic carbocycles. The van der Waals surface area contributed by atoms with E-state index in [4.69, 9.17) is 0 Å². The Morgan fingerprint density at radius 1 is 1.00 bits per heavy atom. The summed E-state index contributed by atoms with van der Waals surface area (Å²) in [5, 5.41) is 0. The maximum absolute atomic E-state index is 4.25. The molecule has 4 heavy (non-hydrogen) atoms. The molecule has 0 heterocycles. The van der Waals surface area contributed by atoms with Crippen LogP contribution >= 0.6 is 0 Å². The molecule has 0 spiro atoms. The third kappa shape index (κ3) is 9.04. The fourth-order valence-corrected chi connectivity index (χ4v) is 0. The van der Waals surface area contributed by atoms with Gasteiger partial charge in [0.25, 0.3) is 0 Å². The second-order valence-corrected chi connectivity index (χ2v) is 0. The molecule has 0 N–H and O–H groups in total. The van der Waals surface area contributed by atoms with Crippen molar-refractivity contribution in [3.05, 3.63) is 13.2 Å². The Labute approximate surface area is 77.2 Å². The SMILES string of the molecule is [CH-]=C.[Y].[Y]. The maximum Gasteiger partial charge on any atom is 0 e. The zero-order chi connectivity index (χ0) is 2.00. The summed E-state index contributed by atoms with van der Waals surface area (Å²) < 4.78 is 0. The predicted octanol–water partition coefficient (Wildman–Crippen LogP) is 0.600. The molecule has 2 radical (unpaired) electrons. The van der Waals surface area contributed by atoms with Crippen molar-refractivity contribution < 1.29 is 65.4 Å². The van der Waals surface area contributed by atoms with E-state index in [0.717, 1.165) is 0 Å². The van der Waals surface area contributed by atoms with Crippen molar-refractivity contribution >= 4 is 0 Å². The Morgan fingerprint density at radius 3 is 1.00 bits per heavy atom. The number of hydrogen-bond donors (Lipinski definition) is 0. The summed E-state index contributed by atoms with van der Waals surface area (Å²) in [5.41, 5.74) is 0. The van der Waals surface area contributed by atoms with Gasteiger partial charge in [0.15, 0.2) is 0 Å². The first-order chi connectivity index (χ1) is 1.00. The largest absolute Gasteiger partial charge is 0.521 e. The first-order valence-corrected chi connectivity index (χ1v) is 0.408. The van der Waals surface area contributed by atoms with E-state index < -0.39 is 0 Å². The van der Waals surface area contributed by atoms with Crippen molar-refractivity contribution in [1.82, 2.24) is 0 Å². The molecule has 0 nitrogen and oxygen atoms in total. The van der Waals surface area contributed by atoms with E-state index in [2.05, 4.69) is 13.2 Å². The van der Waals surface area contributed by atoms with Crippen molar-refractivity contribution in [2.75, 3.05) is 0 Å². The van der Waals surface area contributed by atoms with E-state index >= 15 is 0 Å². The molecule has 0 unspecified atom stereocenters. The van der Waals surface area contributed by atoms with Gasteiger partial charge in [0.1, 0.15) is 0 Å². The summed E-state index contributed by atoms with van der Waals surface area (Å²) in [5.74, 6) is 0. The number of hydrogen-bond acceptors (Lipinski definition) is 0. The van der Waals surface area contributed by atoms with Gasteiger partial charge in [0.05, 0.1) is 0 Å². The van der Waals surface area contributed by atoms with E-state index in [1.807, 2.05) is 0 Å². The van der Waals surface area contributed by atoms with Crippen LogP contribution in [0.4, 0.5) is 0 Å². The summed E-state index contributed by atoms with van der Waals surface area (Å²) in [6, 6.07) is 0. The molecule has 0 aromatic heterocycles. The normalized spacial score (nSPS) is 1.00. The van der Waals surface area contributed by atoms with Crippen LogP contribution in [0.2, 0.25) is 0 Å². The minimum absolute atomic E-state index is 0. The van der Waals surface area contributed by atoms with Crippen LogP contribution in [0, 0.1) is 6.58 Å². The van der Waals surface area contributed by atoms with Gasteiger partial charge in [-0.15, -0.1) is 0 Å². The standard InChI is InChI=1S/C2H3.2Y/c1-2;;/h1H,2H2;;/q-1;;. The minimum atomic E-state index is 0. The van der Waals surface area contributed by atoms with Gasteiger partial charge in [-0.2, -0.15) is 0 Å². The molecule has 0 saturated carbocycles. The molecule has 0 aliphatic carbocycles. The monoisotopic (exact) mass is 205 g/mol. The van der Waals surface area contributed by atoms with Crippen LogP contribution in [0.1, 0.15) is 0 Å². The Bertz CT molecular complexity index is 4.00. The fourth-order valence-electron chi connectivity index (χ4n) is 0. The molecule has 0 aliphatic rings. The van der Waals surface area contributed by atoms with Gasteiger partial charge < -0.3 is 6.58 Å². The summed E-state index contributed by atoms with van der Waals surface area (Å²) in [6.45, 7) is 7.00. The maximum atomic E-state index is 4.25. The Kier molecular flexibility index (Phi) is 85.1. The predicted molar refractivity (Wildman–Crippen MR) is 9.93 cm³/mol. The van der Waals surface area contributed by atoms with E-state index in [1.165, 1.54) is 0 Å². The second kappa shape index (κ2) is 20.3. The molecule has 0 rings (SSSR count). The summed E-state index contributed by atoms with van der Waals surface area (Å²) >= 11 is 0. The van der Waals surface area contributed by atoms with Crippen molar-refractivity contribution in [2.45, 2.75) is 0 Å². The minimum Gasteiger partial charge on any atom is -0.521 e. The van der Waals surface area contributed by atoms with Gasteiger partial charge >= 0.3 is 0 Å². The molecule has 0 bridgehead atoms. The smallest absolute Gasteiger partial charge is 0 e. The van der Waals surface area contributed by atoms with Crippen molar-refractivity contribution in [3.63, 3.8) is 0 Å². The quantitative estimate of drug-likeness (QED) is 0.508. The Hall–Kier alpha value is 1.95. The zero-order valence-electron chi connectivity index (χ0n) is 2.44. The fraction of sp³-hybridized carbons (Fsp3) is 0. The molecule has 18 valence electrons. The van der Waals surface area contributed by atoms with Gasteiger partial charge in [-0.05, 0) is 0 Å². The van der Waals surface area contributed by atoms with E-state index in [9.17, 15) is 0 Å². The van der Waals surface area contributed by atoms with E-state index in [-0.39, 0.29) is 65.4 Å². The first kappa shape index (κ1) is 16.8. The van der Waals surface area contributed by atoms with Crippen LogP contribution in [0.15, 0.2) is 6.58 Å². The van der Waals surface area contributed by atoms with Gasteiger partial charge in [-0.3, -0.25) is 6.58 Å². The second-order valence-electron chi connectivity index (χ2n) is 0. The van der Waals surface area contributed by atoms with Gasteiger partial charge in [-0.25, -0.2) is 0 Å². The molecule has 2 heteroatoms. The Balaban J connectivity index is -0.00000000500. The van der Waals surface area contributed by atoms with Gasteiger partial charge in [-0.1, -0.05) is 0 Å². The van der Waals surface area contributed by atoms with Crippen LogP contribution in [-0.4, -0.2) is 0 Å². The molecule has 0 saturated heterocycles. The van der Waals surface area contributed by atoms with Crippen molar-refractivity contribution in [1.29, 1.82) is 0 Å². The summed E-state index contributed by atoms with van der Waals surface area (Å²) in [4.78, 5) is 0. The number of rotatable bonds is 0. The summed E-state index contributed by atoms with van der Waals surface area (Å²) in [7, 11) is 0. The van der Waals surface area contributed by atoms with Crippen molar-refractivity contribution in [2.24, 2.45) is 0 Å². The van der Waals surface area contributed by atoms with E-state index in [1.54, 1.807) is 0 Å². The molecule has 0 amide bonds. The molecular weight excluding hydrogens is 202 g/mol. The molecular formula is C2H3Y2-. The third-order valence-corrected chi connectivity index (χ3v) is 0. The average Bonchev–Trinajstić information content (AvgIpc) is 1.00. The molecule has 0 fully saturated rings. The first-order valence-electron chi connectivity index (χ1n) is 0.408. The van der Waals surface area contributed by atoms with Crippen LogP contribution in [0.3, 0.4) is 0 Å². The van der Waals surface area contributed by atoms with E-state index in [0.29, 0.717) is 0 Å². The van der Waals surface area contributed by atoms with Crippen molar-refractivity contribution in [3.8, 4) is 0 Å². The average molecular weight is 205 g/mol. The van der Waals surface area contributed by atoms with Crippen LogP contribution in [0.25, 0.3) is 0 Å². The molecule has 0 aromatic rings. The van der Waals surface area contributed by atoms with Crippen LogP contribution < -0.4 is 0 Å². The van der Waals surface area contributed by atoms with Gasteiger partial charge in [0.2, 0.25) is 0 Å². The van der Waals surface area contributed by atoms with Crippen LogP contribution in [0.5, 0.6) is 0 Å². The Morgan fingerprint density at radius 2 is 1.00 bits per heavy atom. The third-order valence-electron chi connectivity index (χ3n) is 0.